The summed E-state index contributed by atoms with van der Waals surface area (Å²) >= 11 is 12.1. The number of amides is 1. The monoisotopic (exact) mass is 376 g/mol. The minimum absolute atomic E-state index is 0.0127. The van der Waals surface area contributed by atoms with Crippen molar-refractivity contribution in [3.63, 3.8) is 0 Å². The van der Waals surface area contributed by atoms with Crippen LogP contribution in [0, 0.1) is 24.1 Å². The van der Waals surface area contributed by atoms with Crippen molar-refractivity contribution in [3.8, 4) is 6.07 Å². The molecule has 6 heteroatoms. The Balaban J connectivity index is 2.30. The van der Waals surface area contributed by atoms with Crippen LogP contribution in [0.25, 0.3) is 6.08 Å². The van der Waals surface area contributed by atoms with E-state index >= 15 is 0 Å². The van der Waals surface area contributed by atoms with Crippen LogP contribution in [0.4, 0.5) is 4.39 Å². The Hall–Kier alpha value is -2.35. The minimum atomic E-state index is -0.633. The Morgan fingerprint density at radius 2 is 1.92 bits per heavy atom. The summed E-state index contributed by atoms with van der Waals surface area (Å²) in [6.45, 7) is 3.32. The van der Waals surface area contributed by atoms with Crippen molar-refractivity contribution < 1.29 is 9.18 Å². The summed E-state index contributed by atoms with van der Waals surface area (Å²) in [5, 5.41) is 12.6. The van der Waals surface area contributed by atoms with Crippen molar-refractivity contribution in [1.82, 2.24) is 5.32 Å². The van der Waals surface area contributed by atoms with Crippen LogP contribution in [-0.4, -0.2) is 5.91 Å². The molecule has 0 radical (unpaired) electrons. The van der Waals surface area contributed by atoms with Gasteiger partial charge in [0, 0.05) is 10.6 Å². The van der Waals surface area contributed by atoms with E-state index in [2.05, 4.69) is 5.32 Å². The number of nitriles is 1. The molecule has 0 bridgehead atoms. The number of carbonyl (C=O) groups excluding carboxylic acids is 1. The topological polar surface area (TPSA) is 52.9 Å². The van der Waals surface area contributed by atoms with E-state index in [-0.39, 0.29) is 16.2 Å². The average Bonchev–Trinajstić information content (AvgIpc) is 2.58. The zero-order valence-electron chi connectivity index (χ0n) is 13.6. The second kappa shape index (κ2) is 8.15. The summed E-state index contributed by atoms with van der Waals surface area (Å²) < 4.78 is 14.2. The summed E-state index contributed by atoms with van der Waals surface area (Å²) in [6, 6.07) is 11.5. The van der Waals surface area contributed by atoms with E-state index in [1.807, 2.05) is 0 Å². The van der Waals surface area contributed by atoms with E-state index < -0.39 is 17.8 Å². The zero-order valence-corrected chi connectivity index (χ0v) is 15.1. The van der Waals surface area contributed by atoms with E-state index in [9.17, 15) is 14.4 Å². The van der Waals surface area contributed by atoms with E-state index in [1.165, 1.54) is 12.1 Å². The first-order valence-electron chi connectivity index (χ1n) is 7.46. The highest BCUT2D eigenvalue weighted by Crippen LogP contribution is 2.25. The number of nitrogens with zero attached hydrogens (tertiary/aromatic N) is 1. The Kier molecular flexibility index (Phi) is 6.19. The predicted molar refractivity (Wildman–Crippen MR) is 97.7 cm³/mol. The molecule has 3 nitrogen and oxygen atoms in total. The van der Waals surface area contributed by atoms with E-state index in [1.54, 1.807) is 44.2 Å². The molecule has 2 aromatic rings. The van der Waals surface area contributed by atoms with Gasteiger partial charge in [0.25, 0.3) is 5.91 Å². The molecule has 0 aliphatic carbocycles. The number of hydrogen-bond donors (Lipinski definition) is 1. The molecule has 0 saturated carbocycles. The first kappa shape index (κ1) is 19.0. The van der Waals surface area contributed by atoms with Gasteiger partial charge < -0.3 is 5.32 Å². The fourth-order valence-corrected chi connectivity index (χ4v) is 2.78. The number of hydrogen-bond acceptors (Lipinski definition) is 2. The molecule has 2 aromatic carbocycles. The van der Waals surface area contributed by atoms with Gasteiger partial charge in [-0.25, -0.2) is 4.39 Å². The zero-order chi connectivity index (χ0) is 18.6. The Labute approximate surface area is 155 Å². The largest absolute Gasteiger partial charge is 0.345 e. The van der Waals surface area contributed by atoms with E-state index in [0.29, 0.717) is 10.6 Å². The lowest BCUT2D eigenvalue weighted by Gasteiger charge is -2.15. The normalized spacial score (nSPS) is 12.4. The molecular formula is C19H15Cl2FN2O. The van der Waals surface area contributed by atoms with Gasteiger partial charge in [-0.3, -0.25) is 4.79 Å². The third-order valence-electron chi connectivity index (χ3n) is 3.69. The summed E-state index contributed by atoms with van der Waals surface area (Å²) in [4.78, 5) is 12.4. The van der Waals surface area contributed by atoms with Crippen LogP contribution in [0.5, 0.6) is 0 Å². The molecule has 25 heavy (non-hydrogen) atoms. The number of benzene rings is 2. The molecule has 0 spiro atoms. The number of carbonyl (C=O) groups is 1. The van der Waals surface area contributed by atoms with Crippen molar-refractivity contribution in [2.24, 2.45) is 0 Å². The minimum Gasteiger partial charge on any atom is -0.345 e. The van der Waals surface area contributed by atoms with Crippen LogP contribution < -0.4 is 5.32 Å². The summed E-state index contributed by atoms with van der Waals surface area (Å²) in [6.07, 6.45) is 1.15. The lowest BCUT2D eigenvalue weighted by molar-refractivity contribution is -0.117. The molecule has 0 aromatic heterocycles. The van der Waals surface area contributed by atoms with Gasteiger partial charge in [-0.1, -0.05) is 47.5 Å². The second-order valence-electron chi connectivity index (χ2n) is 5.48. The van der Waals surface area contributed by atoms with Gasteiger partial charge >= 0.3 is 0 Å². The van der Waals surface area contributed by atoms with Crippen molar-refractivity contribution in [2.75, 3.05) is 0 Å². The lowest BCUT2D eigenvalue weighted by atomic mass is 10.1. The Bertz CT molecular complexity index is 887. The number of rotatable bonds is 4. The van der Waals surface area contributed by atoms with Crippen molar-refractivity contribution in [1.29, 1.82) is 5.26 Å². The molecule has 1 N–H and O–H groups in total. The van der Waals surface area contributed by atoms with Gasteiger partial charge in [0.2, 0.25) is 0 Å². The molecular weight excluding hydrogens is 362 g/mol. The van der Waals surface area contributed by atoms with Gasteiger partial charge in [0.1, 0.15) is 17.5 Å². The van der Waals surface area contributed by atoms with Crippen LogP contribution in [0.15, 0.2) is 42.0 Å². The maximum absolute atomic E-state index is 14.2. The molecule has 0 aliphatic heterocycles. The van der Waals surface area contributed by atoms with Gasteiger partial charge in [-0.2, -0.15) is 5.26 Å². The highest BCUT2D eigenvalue weighted by atomic mass is 35.5. The molecule has 0 heterocycles. The van der Waals surface area contributed by atoms with Crippen molar-refractivity contribution in [3.05, 3.63) is 74.5 Å². The molecule has 0 aliphatic rings. The molecule has 1 amide bonds. The summed E-state index contributed by atoms with van der Waals surface area (Å²) in [5.41, 5.74) is 0.858. The molecule has 1 atom stereocenters. The molecule has 2 rings (SSSR count). The predicted octanol–water partition coefficient (Wildman–Crippen LogP) is 5.23. The smallest absolute Gasteiger partial charge is 0.262 e. The Morgan fingerprint density at radius 1 is 1.24 bits per heavy atom. The molecule has 0 fully saturated rings. The Morgan fingerprint density at radius 3 is 2.56 bits per heavy atom. The fraction of sp³-hybridized carbons (Fsp3) is 0.158. The first-order valence-corrected chi connectivity index (χ1v) is 8.22. The molecule has 0 unspecified atom stereocenters. The fourth-order valence-electron chi connectivity index (χ4n) is 2.28. The molecule has 128 valence electrons. The lowest BCUT2D eigenvalue weighted by Crippen LogP contribution is -2.27. The van der Waals surface area contributed by atoms with Crippen LogP contribution in [0.3, 0.4) is 0 Å². The van der Waals surface area contributed by atoms with Crippen molar-refractivity contribution in [2.45, 2.75) is 19.9 Å². The quantitative estimate of drug-likeness (QED) is 0.586. The first-order chi connectivity index (χ1) is 11.8. The third kappa shape index (κ3) is 4.39. The summed E-state index contributed by atoms with van der Waals surface area (Å²) in [7, 11) is 0. The van der Waals surface area contributed by atoms with Gasteiger partial charge in [-0.05, 0) is 43.2 Å². The van der Waals surface area contributed by atoms with Gasteiger partial charge in [0.05, 0.1) is 11.1 Å². The van der Waals surface area contributed by atoms with E-state index in [0.717, 1.165) is 11.6 Å². The number of halogens is 3. The summed E-state index contributed by atoms with van der Waals surface area (Å²) in [5.74, 6) is -1.20. The van der Waals surface area contributed by atoms with Crippen LogP contribution in [0.1, 0.15) is 29.7 Å². The highest BCUT2D eigenvalue weighted by molar-refractivity contribution is 6.32. The van der Waals surface area contributed by atoms with Crippen LogP contribution in [0.2, 0.25) is 10.0 Å². The van der Waals surface area contributed by atoms with Gasteiger partial charge in [-0.15, -0.1) is 0 Å². The number of nitrogens with one attached hydrogen (secondary N) is 1. The van der Waals surface area contributed by atoms with Crippen molar-refractivity contribution >= 4 is 35.2 Å². The average molecular weight is 377 g/mol. The standard InChI is InChI=1S/C19H15Cl2FN2O/c1-11-7-8-17(21)15(18(11)22)9-13(10-23)19(25)24-12(2)14-5-3-4-6-16(14)20/h3-9,12H,1-2H3,(H,24,25)/t12-/m0/s1. The highest BCUT2D eigenvalue weighted by Gasteiger charge is 2.17. The van der Waals surface area contributed by atoms with Crippen LogP contribution >= 0.6 is 23.2 Å². The SMILES string of the molecule is Cc1ccc(Cl)c(C=C(C#N)C(=O)N[C@@H](C)c2ccccc2Cl)c1F. The third-order valence-corrected chi connectivity index (χ3v) is 4.37. The van der Waals surface area contributed by atoms with E-state index in [4.69, 9.17) is 23.2 Å². The second-order valence-corrected chi connectivity index (χ2v) is 6.29. The van der Waals surface area contributed by atoms with Gasteiger partial charge in [0.15, 0.2) is 0 Å². The maximum Gasteiger partial charge on any atom is 0.262 e. The number of aryl methyl sites for hydroxylation is 1. The maximum atomic E-state index is 14.2. The van der Waals surface area contributed by atoms with Crippen LogP contribution in [-0.2, 0) is 4.79 Å². The molecule has 0 saturated heterocycles.